The molecule has 0 aromatic heterocycles. The van der Waals surface area contributed by atoms with E-state index in [9.17, 15) is 5.53 Å². The van der Waals surface area contributed by atoms with Crippen LogP contribution < -0.4 is 0 Å². The SMILES string of the molecule is CCCCC1=C(c2cccc(CCCC)c2)[N+](=[N-])C(c2ccc(CCCC)cc2)=C1CC.[CH2-]C.[CH2-]C.[Ni+2]. The molecule has 0 bridgehead atoms. The van der Waals surface area contributed by atoms with E-state index >= 15 is 0 Å². The molecule has 0 N–H and O–H groups in total. The summed E-state index contributed by atoms with van der Waals surface area (Å²) in [7, 11) is 0. The second kappa shape index (κ2) is 20.0. The molecule has 0 atom stereocenters. The minimum absolute atomic E-state index is 0. The molecule has 0 unspecified atom stereocenters. The van der Waals surface area contributed by atoms with E-state index in [2.05, 4.69) is 90.1 Å². The first-order chi connectivity index (χ1) is 17.6. The van der Waals surface area contributed by atoms with Crippen molar-refractivity contribution in [3.8, 4) is 0 Å². The molecule has 3 heteroatoms. The summed E-state index contributed by atoms with van der Waals surface area (Å²) < 4.78 is 1.49. The third kappa shape index (κ3) is 9.68. The quantitative estimate of drug-likeness (QED) is 0.144. The molecule has 0 saturated heterocycles. The third-order valence-corrected chi connectivity index (χ3v) is 6.56. The van der Waals surface area contributed by atoms with Crippen LogP contribution in [0.2, 0.25) is 0 Å². The van der Waals surface area contributed by atoms with Crippen molar-refractivity contribution in [3.63, 3.8) is 0 Å². The van der Waals surface area contributed by atoms with Crippen LogP contribution in [0.25, 0.3) is 16.9 Å². The Labute approximate surface area is 239 Å². The van der Waals surface area contributed by atoms with E-state index in [4.69, 9.17) is 0 Å². The van der Waals surface area contributed by atoms with Crippen molar-refractivity contribution in [2.24, 2.45) is 0 Å². The zero-order valence-electron chi connectivity index (χ0n) is 24.3. The zero-order chi connectivity index (χ0) is 26.9. The summed E-state index contributed by atoms with van der Waals surface area (Å²) in [5.41, 5.74) is 21.0. The van der Waals surface area contributed by atoms with Crippen LogP contribution in [0.5, 0.6) is 0 Å². The van der Waals surface area contributed by atoms with Crippen LogP contribution in [0.3, 0.4) is 0 Å². The first-order valence-electron chi connectivity index (χ1n) is 14.2. The molecule has 2 nitrogen and oxygen atoms in total. The van der Waals surface area contributed by atoms with Crippen LogP contribution in [0.4, 0.5) is 0 Å². The van der Waals surface area contributed by atoms with Gasteiger partial charge in [0.25, 0.3) is 0 Å². The zero-order valence-corrected chi connectivity index (χ0v) is 25.3. The monoisotopic (exact) mass is 544 g/mol. The Hall–Kier alpha value is -1.99. The molecular weight excluding hydrogens is 495 g/mol. The maximum atomic E-state index is 11.5. The van der Waals surface area contributed by atoms with Gasteiger partial charge in [0.05, 0.1) is 0 Å². The molecule has 0 amide bonds. The van der Waals surface area contributed by atoms with E-state index in [0.29, 0.717) is 0 Å². The van der Waals surface area contributed by atoms with E-state index in [-0.39, 0.29) is 16.5 Å². The largest absolute Gasteiger partial charge is 2.00 e. The number of unbranched alkanes of at least 4 members (excludes halogenated alkanes) is 3. The van der Waals surface area contributed by atoms with Crippen molar-refractivity contribution in [3.05, 3.63) is 101 Å². The van der Waals surface area contributed by atoms with Crippen LogP contribution in [-0.4, -0.2) is 4.70 Å². The van der Waals surface area contributed by atoms with Gasteiger partial charge in [-0.25, -0.2) is 4.70 Å². The molecule has 0 radical (unpaired) electrons. The predicted molar refractivity (Wildman–Crippen MR) is 159 cm³/mol. The molecule has 0 saturated carbocycles. The molecule has 0 spiro atoms. The summed E-state index contributed by atoms with van der Waals surface area (Å²) >= 11 is 0. The van der Waals surface area contributed by atoms with Crippen molar-refractivity contribution >= 4 is 11.4 Å². The Kier molecular flexibility index (Phi) is 19.0. The van der Waals surface area contributed by atoms with Gasteiger partial charge >= 0.3 is 16.5 Å². The molecule has 1 heterocycles. The van der Waals surface area contributed by atoms with Gasteiger partial charge in [-0.1, -0.05) is 71.2 Å². The van der Waals surface area contributed by atoms with E-state index < -0.39 is 0 Å². The maximum Gasteiger partial charge on any atom is 2.00 e. The van der Waals surface area contributed by atoms with Crippen LogP contribution in [-0.2, 0) is 29.3 Å². The Balaban J connectivity index is 0.00000247. The smallest absolute Gasteiger partial charge is 0.493 e. The average molecular weight is 545 g/mol. The number of rotatable bonds is 12. The van der Waals surface area contributed by atoms with Crippen LogP contribution in [0.1, 0.15) is 115 Å². The van der Waals surface area contributed by atoms with Crippen molar-refractivity contribution < 1.29 is 21.2 Å². The Morgan fingerprint density at radius 3 is 1.68 bits per heavy atom. The fourth-order valence-electron chi connectivity index (χ4n) is 4.72. The van der Waals surface area contributed by atoms with E-state index in [0.717, 1.165) is 61.0 Å². The van der Waals surface area contributed by atoms with Gasteiger partial charge in [-0.3, -0.25) is 0 Å². The number of allylic oxidation sites excluding steroid dienone is 2. The van der Waals surface area contributed by atoms with E-state index in [1.165, 1.54) is 52.7 Å². The number of hydrogen-bond donors (Lipinski definition) is 0. The first kappa shape index (κ1) is 35.0. The average Bonchev–Trinajstić information content (AvgIpc) is 3.22. The molecule has 0 fully saturated rings. The van der Waals surface area contributed by atoms with Gasteiger partial charge in [0.1, 0.15) is 0 Å². The Bertz CT molecular complexity index is 983. The molecule has 2 aromatic rings. The summed E-state index contributed by atoms with van der Waals surface area (Å²) in [6.07, 6.45) is 11.2. The minimum Gasteiger partial charge on any atom is -0.493 e. The summed E-state index contributed by atoms with van der Waals surface area (Å²) in [5, 5.41) is 0. The molecule has 206 valence electrons. The van der Waals surface area contributed by atoms with Gasteiger partial charge in [-0.05, 0) is 80.3 Å². The topological polar surface area (TPSA) is 25.3 Å². The van der Waals surface area contributed by atoms with Gasteiger partial charge < -0.3 is 19.4 Å². The second-order valence-electron chi connectivity index (χ2n) is 9.03. The van der Waals surface area contributed by atoms with Crippen molar-refractivity contribution in [1.29, 1.82) is 0 Å². The normalized spacial score (nSPS) is 12.5. The number of nitrogens with zero attached hydrogens (tertiary/aromatic N) is 2. The van der Waals surface area contributed by atoms with Gasteiger partial charge in [-0.15, -0.1) is 0 Å². The molecule has 3 rings (SSSR count). The number of hydrogen-bond acceptors (Lipinski definition) is 0. The molecule has 1 aliphatic rings. The van der Waals surface area contributed by atoms with Gasteiger partial charge in [0.15, 0.2) is 0 Å². The summed E-state index contributed by atoms with van der Waals surface area (Å²) in [6.45, 7) is 18.9. The third-order valence-electron chi connectivity index (χ3n) is 6.56. The van der Waals surface area contributed by atoms with E-state index in [1.54, 1.807) is 13.8 Å². The summed E-state index contributed by atoms with van der Waals surface area (Å²) in [5.74, 6) is 0. The van der Waals surface area contributed by atoms with Crippen molar-refractivity contribution in [2.45, 2.75) is 106 Å². The summed E-state index contributed by atoms with van der Waals surface area (Å²) in [4.78, 5) is 0. The molecule has 2 aromatic carbocycles. The molecule has 1 aliphatic heterocycles. The van der Waals surface area contributed by atoms with Crippen LogP contribution in [0, 0.1) is 13.8 Å². The van der Waals surface area contributed by atoms with Gasteiger partial charge in [0, 0.05) is 22.3 Å². The molecule has 0 aliphatic carbocycles. The fraction of sp³-hybridized carbons (Fsp3) is 0.471. The minimum atomic E-state index is 0. The number of benzene rings is 2. The Morgan fingerprint density at radius 2 is 1.14 bits per heavy atom. The van der Waals surface area contributed by atoms with Crippen molar-refractivity contribution in [2.75, 3.05) is 0 Å². The predicted octanol–water partition coefficient (Wildman–Crippen LogP) is 10.8. The van der Waals surface area contributed by atoms with Crippen LogP contribution in [0.15, 0.2) is 59.7 Å². The fourth-order valence-corrected chi connectivity index (χ4v) is 4.72. The molecular formula is C34H50N2Ni. The van der Waals surface area contributed by atoms with Gasteiger partial charge in [-0.2, -0.15) is 13.8 Å². The van der Waals surface area contributed by atoms with E-state index in [1.807, 2.05) is 0 Å². The standard InChI is InChI=1S/C30H40N2.2C2H5.Ni/c1-5-9-13-23-18-20-25(21-19-23)29-27(8-4)28(17-11-7-3)30(32(29)31)26-16-12-15-24(22-26)14-10-6-2;2*1-2;/h12,15-16,18-22H,5-11,13-14,17H2,1-4H3;2*1H2,2H3;/q;2*-1;+2. The van der Waals surface area contributed by atoms with Gasteiger partial charge in [0.2, 0.25) is 11.4 Å². The maximum absolute atomic E-state index is 11.5. The first-order valence-corrected chi connectivity index (χ1v) is 14.2. The summed E-state index contributed by atoms with van der Waals surface area (Å²) in [6, 6.07) is 17.6. The Morgan fingerprint density at radius 1 is 0.622 bits per heavy atom. The second-order valence-corrected chi connectivity index (χ2v) is 9.03. The van der Waals surface area contributed by atoms with Crippen molar-refractivity contribution in [1.82, 2.24) is 0 Å². The molecule has 37 heavy (non-hydrogen) atoms. The van der Waals surface area contributed by atoms with Crippen LogP contribution >= 0.6 is 0 Å². The number of aryl methyl sites for hydroxylation is 2.